The summed E-state index contributed by atoms with van der Waals surface area (Å²) in [6, 6.07) is 2.25. The van der Waals surface area contributed by atoms with Crippen LogP contribution < -0.4 is 10.0 Å². The Labute approximate surface area is 135 Å². The normalized spacial score (nSPS) is 19.3. The highest BCUT2D eigenvalue weighted by molar-refractivity contribution is 9.10. The molecular formula is C11H13BrClF3N2O2S. The van der Waals surface area contributed by atoms with E-state index in [1.807, 2.05) is 0 Å². The molecule has 21 heavy (non-hydrogen) atoms. The van der Waals surface area contributed by atoms with E-state index in [9.17, 15) is 21.6 Å². The monoisotopic (exact) mass is 408 g/mol. The molecule has 2 rings (SSSR count). The molecule has 0 aliphatic carbocycles. The van der Waals surface area contributed by atoms with Crippen molar-refractivity contribution in [3.63, 3.8) is 0 Å². The first kappa shape index (κ1) is 18.7. The maximum atomic E-state index is 12.7. The Balaban J connectivity index is 0.00000220. The van der Waals surface area contributed by atoms with E-state index < -0.39 is 26.7 Å². The van der Waals surface area contributed by atoms with E-state index in [2.05, 4.69) is 26.0 Å². The van der Waals surface area contributed by atoms with Gasteiger partial charge in [0.05, 0.1) is 10.5 Å². The van der Waals surface area contributed by atoms with Crippen LogP contribution in [0.1, 0.15) is 12.0 Å². The van der Waals surface area contributed by atoms with Crippen molar-refractivity contribution in [3.8, 4) is 0 Å². The number of hydrogen-bond donors (Lipinski definition) is 2. The molecular weight excluding hydrogens is 397 g/mol. The van der Waals surface area contributed by atoms with Crippen LogP contribution in [0.3, 0.4) is 0 Å². The van der Waals surface area contributed by atoms with Crippen LogP contribution in [0.5, 0.6) is 0 Å². The van der Waals surface area contributed by atoms with Gasteiger partial charge in [0.25, 0.3) is 0 Å². The highest BCUT2D eigenvalue weighted by Gasteiger charge is 2.33. The standard InChI is InChI=1S/C11H12BrF3N2O2S.ClH/c12-9-2-1-7(11(13,14)15)5-10(9)20(18,19)17-8-3-4-16-6-8;/h1-2,5,8,16-17H,3-4,6H2;1H. The van der Waals surface area contributed by atoms with Crippen LogP contribution in [0.4, 0.5) is 13.2 Å². The topological polar surface area (TPSA) is 58.2 Å². The van der Waals surface area contributed by atoms with Crippen LogP contribution in [0, 0.1) is 0 Å². The van der Waals surface area contributed by atoms with Crippen LogP contribution in [-0.2, 0) is 16.2 Å². The fraction of sp³-hybridized carbons (Fsp3) is 0.455. The predicted octanol–water partition coefficient (Wildman–Crippen LogP) is 2.53. The Morgan fingerprint density at radius 3 is 2.52 bits per heavy atom. The average Bonchev–Trinajstić information content (AvgIpc) is 2.79. The third kappa shape index (κ3) is 4.56. The van der Waals surface area contributed by atoms with Crippen LogP contribution in [0.15, 0.2) is 27.6 Å². The van der Waals surface area contributed by atoms with Gasteiger partial charge in [0.2, 0.25) is 10.0 Å². The van der Waals surface area contributed by atoms with Crippen molar-refractivity contribution >= 4 is 38.4 Å². The second kappa shape index (κ2) is 6.82. The summed E-state index contributed by atoms with van der Waals surface area (Å²) < 4.78 is 64.8. The van der Waals surface area contributed by atoms with Crippen LogP contribution >= 0.6 is 28.3 Å². The van der Waals surface area contributed by atoms with Crippen molar-refractivity contribution in [2.75, 3.05) is 13.1 Å². The van der Waals surface area contributed by atoms with Gasteiger partial charge < -0.3 is 5.32 Å². The van der Waals surface area contributed by atoms with Gasteiger partial charge in [0.15, 0.2) is 0 Å². The van der Waals surface area contributed by atoms with Crippen molar-refractivity contribution in [1.82, 2.24) is 10.0 Å². The molecule has 0 saturated carbocycles. The van der Waals surface area contributed by atoms with Gasteiger partial charge in [-0.25, -0.2) is 13.1 Å². The lowest BCUT2D eigenvalue weighted by Gasteiger charge is -2.15. The van der Waals surface area contributed by atoms with Crippen molar-refractivity contribution < 1.29 is 21.6 Å². The lowest BCUT2D eigenvalue weighted by Crippen LogP contribution is -2.36. The summed E-state index contributed by atoms with van der Waals surface area (Å²) in [5.74, 6) is 0. The molecule has 1 aromatic carbocycles. The molecule has 1 aliphatic rings. The minimum absolute atomic E-state index is 0. The van der Waals surface area contributed by atoms with Gasteiger partial charge >= 0.3 is 6.18 Å². The predicted molar refractivity (Wildman–Crippen MR) is 78.0 cm³/mol. The van der Waals surface area contributed by atoms with Gasteiger partial charge in [-0.1, -0.05) is 0 Å². The van der Waals surface area contributed by atoms with E-state index in [1.165, 1.54) is 0 Å². The van der Waals surface area contributed by atoms with E-state index >= 15 is 0 Å². The molecule has 0 bridgehead atoms. The lowest BCUT2D eigenvalue weighted by molar-refractivity contribution is -0.137. The average molecular weight is 410 g/mol. The smallest absolute Gasteiger partial charge is 0.315 e. The zero-order valence-corrected chi connectivity index (χ0v) is 13.8. The second-order valence-electron chi connectivity index (χ2n) is 4.45. The highest BCUT2D eigenvalue weighted by Crippen LogP contribution is 2.33. The Morgan fingerprint density at radius 1 is 1.33 bits per heavy atom. The van der Waals surface area contributed by atoms with Gasteiger partial charge in [-0.15, -0.1) is 12.4 Å². The molecule has 0 radical (unpaired) electrons. The summed E-state index contributed by atoms with van der Waals surface area (Å²) in [4.78, 5) is -0.403. The summed E-state index contributed by atoms with van der Waals surface area (Å²) in [7, 11) is -3.99. The van der Waals surface area contributed by atoms with Crippen molar-refractivity contribution in [1.29, 1.82) is 0 Å². The number of nitrogens with one attached hydrogen (secondary N) is 2. The quantitative estimate of drug-likeness (QED) is 0.807. The lowest BCUT2D eigenvalue weighted by atomic mass is 10.2. The van der Waals surface area contributed by atoms with Gasteiger partial charge in [-0.05, 0) is 47.1 Å². The minimum atomic E-state index is -4.58. The third-order valence-corrected chi connectivity index (χ3v) is 5.44. The van der Waals surface area contributed by atoms with Crippen molar-refractivity contribution in [2.24, 2.45) is 0 Å². The first-order valence-corrected chi connectivity index (χ1v) is 8.07. The Kier molecular flexibility index (Phi) is 6.08. The highest BCUT2D eigenvalue weighted by atomic mass is 79.9. The molecule has 1 fully saturated rings. The molecule has 1 saturated heterocycles. The molecule has 2 N–H and O–H groups in total. The molecule has 1 unspecified atom stereocenters. The molecule has 1 heterocycles. The maximum absolute atomic E-state index is 12.7. The number of halogens is 5. The number of hydrogen-bond acceptors (Lipinski definition) is 3. The third-order valence-electron chi connectivity index (χ3n) is 2.93. The van der Waals surface area contributed by atoms with Gasteiger partial charge in [0.1, 0.15) is 0 Å². The largest absolute Gasteiger partial charge is 0.416 e. The molecule has 120 valence electrons. The summed E-state index contributed by atoms with van der Waals surface area (Å²) in [5, 5.41) is 2.98. The molecule has 10 heteroatoms. The Bertz CT molecular complexity index is 604. The molecule has 0 aromatic heterocycles. The summed E-state index contributed by atoms with van der Waals surface area (Å²) in [6.45, 7) is 1.15. The molecule has 1 atom stereocenters. The first-order valence-electron chi connectivity index (χ1n) is 5.80. The summed E-state index contributed by atoms with van der Waals surface area (Å²) in [5.41, 5.74) is -0.995. The molecule has 1 aliphatic heterocycles. The zero-order chi connectivity index (χ0) is 15.0. The van der Waals surface area contributed by atoms with E-state index in [0.29, 0.717) is 25.6 Å². The van der Waals surface area contributed by atoms with Crippen LogP contribution in [0.25, 0.3) is 0 Å². The fourth-order valence-corrected chi connectivity index (χ4v) is 4.18. The van der Waals surface area contributed by atoms with Crippen LogP contribution in [0.2, 0.25) is 0 Å². The minimum Gasteiger partial charge on any atom is -0.315 e. The van der Waals surface area contributed by atoms with Gasteiger partial charge in [-0.3, -0.25) is 0 Å². The van der Waals surface area contributed by atoms with Crippen LogP contribution in [-0.4, -0.2) is 27.5 Å². The summed E-state index contributed by atoms with van der Waals surface area (Å²) >= 11 is 2.98. The molecule has 4 nitrogen and oxygen atoms in total. The second-order valence-corrected chi connectivity index (χ2v) is 6.99. The van der Waals surface area contributed by atoms with Gasteiger partial charge in [0, 0.05) is 17.1 Å². The van der Waals surface area contributed by atoms with E-state index in [0.717, 1.165) is 12.1 Å². The number of rotatable bonds is 3. The van der Waals surface area contributed by atoms with E-state index in [-0.39, 0.29) is 22.9 Å². The molecule has 1 aromatic rings. The zero-order valence-electron chi connectivity index (χ0n) is 10.6. The van der Waals surface area contributed by atoms with Gasteiger partial charge in [-0.2, -0.15) is 13.2 Å². The van der Waals surface area contributed by atoms with Crippen molar-refractivity contribution in [2.45, 2.75) is 23.5 Å². The fourth-order valence-electron chi connectivity index (χ4n) is 1.92. The Morgan fingerprint density at radius 2 is 2.00 bits per heavy atom. The molecule has 0 amide bonds. The maximum Gasteiger partial charge on any atom is 0.416 e. The SMILES string of the molecule is Cl.O=S(=O)(NC1CCNC1)c1cc(C(F)(F)F)ccc1Br. The number of benzene rings is 1. The number of sulfonamides is 1. The van der Waals surface area contributed by atoms with E-state index in [4.69, 9.17) is 0 Å². The van der Waals surface area contributed by atoms with E-state index in [1.54, 1.807) is 0 Å². The summed E-state index contributed by atoms with van der Waals surface area (Å²) in [6.07, 6.45) is -3.98. The first-order chi connectivity index (χ1) is 9.20. The number of alkyl halides is 3. The van der Waals surface area contributed by atoms with Crippen molar-refractivity contribution in [3.05, 3.63) is 28.2 Å². The Hall–Kier alpha value is -0.350. The molecule has 0 spiro atoms.